The van der Waals surface area contributed by atoms with Crippen LogP contribution in [0.4, 0.5) is 11.5 Å². The lowest BCUT2D eigenvalue weighted by Gasteiger charge is -2.41. The van der Waals surface area contributed by atoms with E-state index in [1.165, 1.54) is 0 Å². The highest BCUT2D eigenvalue weighted by Gasteiger charge is 2.51. The molecule has 1 spiro atoms. The van der Waals surface area contributed by atoms with Gasteiger partial charge in [-0.25, -0.2) is 4.98 Å². The van der Waals surface area contributed by atoms with Crippen molar-refractivity contribution in [3.63, 3.8) is 0 Å². The quantitative estimate of drug-likeness (QED) is 0.772. The van der Waals surface area contributed by atoms with Gasteiger partial charge in [0, 0.05) is 38.6 Å². The van der Waals surface area contributed by atoms with Gasteiger partial charge < -0.3 is 19.8 Å². The first-order valence-electron chi connectivity index (χ1n) is 11.7. The van der Waals surface area contributed by atoms with Gasteiger partial charge in [-0.15, -0.1) is 0 Å². The topological polar surface area (TPSA) is 77.0 Å². The van der Waals surface area contributed by atoms with E-state index in [0.717, 1.165) is 70.1 Å². The number of pyridine rings is 1. The summed E-state index contributed by atoms with van der Waals surface area (Å²) in [6.07, 6.45) is 9.07. The lowest BCUT2D eigenvalue weighted by molar-refractivity contribution is -0.139. The average molecular weight is 447 g/mol. The molecule has 1 saturated carbocycles. The monoisotopic (exact) mass is 446 g/mol. The summed E-state index contributed by atoms with van der Waals surface area (Å²) < 4.78 is 0. The van der Waals surface area contributed by atoms with E-state index in [-0.39, 0.29) is 29.4 Å². The van der Waals surface area contributed by atoms with E-state index >= 15 is 0 Å². The maximum atomic E-state index is 13.5. The standard InChI is InChI=1S/C23H31ClN4O3/c24-19-13-17(27-11-1-3-20(27)30)14-25-21(19)26-10-2-8-23(15-26)9-12-28(22(23)31)16-4-6-18(29)7-5-16/h13-14,16,18,29H,1-12,15H2. The lowest BCUT2D eigenvalue weighted by Crippen LogP contribution is -2.50. The van der Waals surface area contributed by atoms with E-state index in [9.17, 15) is 14.7 Å². The Kier molecular flexibility index (Phi) is 5.59. The number of likely N-dealkylation sites (tertiary alicyclic amines) is 1. The first-order valence-corrected chi connectivity index (χ1v) is 12.0. The van der Waals surface area contributed by atoms with Crippen LogP contribution in [0.5, 0.6) is 0 Å². The fourth-order valence-corrected chi connectivity index (χ4v) is 6.26. The molecule has 168 valence electrons. The summed E-state index contributed by atoms with van der Waals surface area (Å²) in [4.78, 5) is 36.2. The largest absolute Gasteiger partial charge is 0.393 e. The number of aromatic nitrogens is 1. The molecule has 1 N–H and O–H groups in total. The molecule has 3 aliphatic heterocycles. The third-order valence-electron chi connectivity index (χ3n) is 7.72. The second-order valence-corrected chi connectivity index (χ2v) is 10.1. The number of carbonyl (C=O) groups excluding carboxylic acids is 2. The fraction of sp³-hybridized carbons (Fsp3) is 0.696. The van der Waals surface area contributed by atoms with Crippen LogP contribution in [0.25, 0.3) is 0 Å². The third kappa shape index (κ3) is 3.80. The SMILES string of the molecule is O=C1CCCN1c1cnc(N2CCCC3(CCN(C4CCC(O)CC4)C3=O)C2)c(Cl)c1. The van der Waals surface area contributed by atoms with Gasteiger partial charge in [-0.3, -0.25) is 9.59 Å². The van der Waals surface area contributed by atoms with Crippen molar-refractivity contribution in [3.05, 3.63) is 17.3 Å². The number of nitrogens with zero attached hydrogens (tertiary/aromatic N) is 4. The molecule has 4 heterocycles. The van der Waals surface area contributed by atoms with Gasteiger partial charge in [0.1, 0.15) is 5.82 Å². The van der Waals surface area contributed by atoms with Gasteiger partial charge in [0.2, 0.25) is 11.8 Å². The van der Waals surface area contributed by atoms with Crippen molar-refractivity contribution in [2.45, 2.75) is 69.9 Å². The molecule has 4 fully saturated rings. The highest BCUT2D eigenvalue weighted by atomic mass is 35.5. The molecule has 1 aliphatic carbocycles. The van der Waals surface area contributed by atoms with Crippen molar-refractivity contribution in [2.24, 2.45) is 5.41 Å². The Hall–Kier alpha value is -1.86. The minimum atomic E-state index is -0.358. The zero-order valence-electron chi connectivity index (χ0n) is 17.9. The Morgan fingerprint density at radius 3 is 2.58 bits per heavy atom. The molecule has 0 aromatic carbocycles. The first kappa shape index (κ1) is 21.0. The van der Waals surface area contributed by atoms with E-state index in [2.05, 4.69) is 14.8 Å². The summed E-state index contributed by atoms with van der Waals surface area (Å²) in [5.41, 5.74) is 0.397. The predicted octanol–water partition coefficient (Wildman–Crippen LogP) is 2.98. The van der Waals surface area contributed by atoms with Gasteiger partial charge in [-0.2, -0.15) is 0 Å². The molecule has 0 bridgehead atoms. The Morgan fingerprint density at radius 2 is 1.87 bits per heavy atom. The fourth-order valence-electron chi connectivity index (χ4n) is 5.98. The van der Waals surface area contributed by atoms with Crippen molar-refractivity contribution in [2.75, 3.05) is 36.0 Å². The van der Waals surface area contributed by atoms with Crippen LogP contribution >= 0.6 is 11.6 Å². The predicted molar refractivity (Wildman–Crippen MR) is 119 cm³/mol. The number of hydrogen-bond donors (Lipinski definition) is 1. The van der Waals surface area contributed by atoms with Crippen molar-refractivity contribution in [3.8, 4) is 0 Å². The van der Waals surface area contributed by atoms with E-state index in [1.54, 1.807) is 11.1 Å². The van der Waals surface area contributed by atoms with Crippen LogP contribution in [-0.4, -0.2) is 65.1 Å². The highest BCUT2D eigenvalue weighted by molar-refractivity contribution is 6.33. The number of amides is 2. The number of hydrogen-bond acceptors (Lipinski definition) is 5. The van der Waals surface area contributed by atoms with E-state index in [0.29, 0.717) is 30.4 Å². The van der Waals surface area contributed by atoms with Gasteiger partial charge in [0.05, 0.1) is 28.4 Å². The van der Waals surface area contributed by atoms with E-state index in [1.807, 2.05) is 6.07 Å². The van der Waals surface area contributed by atoms with Crippen molar-refractivity contribution >= 4 is 34.9 Å². The summed E-state index contributed by atoms with van der Waals surface area (Å²) in [6.45, 7) is 3.00. The van der Waals surface area contributed by atoms with Crippen LogP contribution in [0.3, 0.4) is 0 Å². The van der Waals surface area contributed by atoms with Gasteiger partial charge in [-0.05, 0) is 57.4 Å². The zero-order valence-corrected chi connectivity index (χ0v) is 18.7. The summed E-state index contributed by atoms with van der Waals surface area (Å²) in [6, 6.07) is 2.11. The molecule has 8 heteroatoms. The van der Waals surface area contributed by atoms with Gasteiger partial charge in [-0.1, -0.05) is 11.6 Å². The summed E-state index contributed by atoms with van der Waals surface area (Å²) in [5, 5.41) is 10.4. The van der Waals surface area contributed by atoms with E-state index < -0.39 is 0 Å². The summed E-state index contributed by atoms with van der Waals surface area (Å²) >= 11 is 6.62. The molecule has 1 aromatic heterocycles. The normalized spacial score (nSPS) is 31.9. The van der Waals surface area contributed by atoms with Crippen LogP contribution in [0.1, 0.15) is 57.8 Å². The second kappa shape index (κ2) is 8.24. The summed E-state index contributed by atoms with van der Waals surface area (Å²) in [5.74, 6) is 1.10. The molecule has 1 unspecified atom stereocenters. The minimum Gasteiger partial charge on any atom is -0.393 e. The molecule has 5 rings (SSSR count). The molecular formula is C23H31ClN4O3. The molecule has 2 amide bonds. The molecule has 7 nitrogen and oxygen atoms in total. The average Bonchev–Trinajstić information content (AvgIpc) is 3.33. The summed E-state index contributed by atoms with van der Waals surface area (Å²) in [7, 11) is 0. The van der Waals surface area contributed by atoms with Crippen molar-refractivity contribution < 1.29 is 14.7 Å². The number of carbonyl (C=O) groups is 2. The van der Waals surface area contributed by atoms with Crippen molar-refractivity contribution in [1.29, 1.82) is 0 Å². The molecule has 1 atom stereocenters. The molecule has 4 aliphatic rings. The number of rotatable bonds is 3. The van der Waals surface area contributed by atoms with Gasteiger partial charge in [0.25, 0.3) is 0 Å². The molecule has 0 radical (unpaired) electrons. The highest BCUT2D eigenvalue weighted by Crippen LogP contribution is 2.44. The Balaban J connectivity index is 1.31. The van der Waals surface area contributed by atoms with Crippen molar-refractivity contribution in [1.82, 2.24) is 9.88 Å². The molecular weight excluding hydrogens is 416 g/mol. The van der Waals surface area contributed by atoms with Gasteiger partial charge in [0.15, 0.2) is 0 Å². The second-order valence-electron chi connectivity index (χ2n) is 9.66. The minimum absolute atomic E-state index is 0.120. The first-order chi connectivity index (χ1) is 15.0. The van der Waals surface area contributed by atoms with Gasteiger partial charge >= 0.3 is 0 Å². The zero-order chi connectivity index (χ0) is 21.6. The van der Waals surface area contributed by atoms with E-state index in [4.69, 9.17) is 11.6 Å². The third-order valence-corrected chi connectivity index (χ3v) is 8.00. The molecule has 3 saturated heterocycles. The van der Waals surface area contributed by atoms with Crippen LogP contribution < -0.4 is 9.80 Å². The van der Waals surface area contributed by atoms with Crippen LogP contribution in [0, 0.1) is 5.41 Å². The van der Waals surface area contributed by atoms with Crippen LogP contribution in [0.2, 0.25) is 5.02 Å². The van der Waals surface area contributed by atoms with Crippen LogP contribution in [-0.2, 0) is 9.59 Å². The Morgan fingerprint density at radius 1 is 1.06 bits per heavy atom. The molecule has 1 aromatic rings. The number of anilines is 2. The number of aliphatic hydroxyl groups excluding tert-OH is 1. The smallest absolute Gasteiger partial charge is 0.230 e. The lowest BCUT2D eigenvalue weighted by atomic mass is 9.78. The number of aliphatic hydroxyl groups is 1. The Labute approximate surface area is 188 Å². The number of halogens is 1. The van der Waals surface area contributed by atoms with Crippen LogP contribution in [0.15, 0.2) is 12.3 Å². The molecule has 31 heavy (non-hydrogen) atoms. The maximum Gasteiger partial charge on any atom is 0.230 e. The maximum absolute atomic E-state index is 13.5. The number of piperidine rings is 1. The Bertz CT molecular complexity index is 872.